The first-order chi connectivity index (χ1) is 16.9. The van der Waals surface area contributed by atoms with E-state index in [-0.39, 0.29) is 24.0 Å². The molecule has 8 heteroatoms. The lowest BCUT2D eigenvalue weighted by Gasteiger charge is -2.35. The molecule has 2 aromatic carbocycles. The van der Waals surface area contributed by atoms with Crippen molar-refractivity contribution < 1.29 is 33.3 Å². The van der Waals surface area contributed by atoms with Gasteiger partial charge in [0.15, 0.2) is 28.8 Å². The maximum Gasteiger partial charge on any atom is 0.225 e. The van der Waals surface area contributed by atoms with E-state index in [0.29, 0.717) is 59.5 Å². The van der Waals surface area contributed by atoms with E-state index in [1.54, 1.807) is 21.3 Å². The molecule has 0 aromatic heterocycles. The number of ketones is 1. The van der Waals surface area contributed by atoms with Crippen molar-refractivity contribution in [2.24, 2.45) is 0 Å². The van der Waals surface area contributed by atoms with Gasteiger partial charge in [0.2, 0.25) is 11.7 Å². The number of allylic oxidation sites excluding steroid dienone is 2. The molecule has 0 saturated heterocycles. The Bertz CT molecular complexity index is 1150. The van der Waals surface area contributed by atoms with Crippen LogP contribution in [0.2, 0.25) is 0 Å². The van der Waals surface area contributed by atoms with Crippen LogP contribution in [0.5, 0.6) is 28.7 Å². The van der Waals surface area contributed by atoms with Crippen LogP contribution >= 0.6 is 0 Å². The molecule has 186 valence electrons. The second kappa shape index (κ2) is 10.3. The Morgan fingerprint density at radius 3 is 2.06 bits per heavy atom. The molecule has 2 aliphatic rings. The Balaban J connectivity index is 1.72. The van der Waals surface area contributed by atoms with E-state index in [0.717, 1.165) is 11.1 Å². The molecule has 0 radical (unpaired) electrons. The summed E-state index contributed by atoms with van der Waals surface area (Å²) in [6.07, 6.45) is 1.06. The molecule has 0 bridgehead atoms. The fraction of sp³-hybridized carbons (Fsp3) is 0.407. The summed E-state index contributed by atoms with van der Waals surface area (Å²) in [6, 6.07) is 9.36. The van der Waals surface area contributed by atoms with E-state index in [1.807, 2.05) is 37.3 Å². The smallest absolute Gasteiger partial charge is 0.225 e. The minimum atomic E-state index is -0.393. The van der Waals surface area contributed by atoms with Crippen LogP contribution in [0.3, 0.4) is 0 Å². The van der Waals surface area contributed by atoms with Crippen LogP contribution in [-0.2, 0) is 9.59 Å². The van der Waals surface area contributed by atoms with Crippen LogP contribution in [0.25, 0.3) is 0 Å². The lowest BCUT2D eigenvalue weighted by molar-refractivity contribution is -0.122. The van der Waals surface area contributed by atoms with Gasteiger partial charge in [-0.25, -0.2) is 0 Å². The average Bonchev–Trinajstić information content (AvgIpc) is 2.87. The Hall–Kier alpha value is -3.68. The van der Waals surface area contributed by atoms with Crippen molar-refractivity contribution in [3.63, 3.8) is 0 Å². The second-order valence-corrected chi connectivity index (χ2v) is 8.53. The number of methoxy groups -OCH3 is 4. The molecule has 2 atom stereocenters. The lowest BCUT2D eigenvalue weighted by atomic mass is 9.73. The van der Waals surface area contributed by atoms with Crippen molar-refractivity contribution >= 4 is 11.7 Å². The summed E-state index contributed by atoms with van der Waals surface area (Å²) in [5.74, 6) is 2.14. The third-order valence-electron chi connectivity index (χ3n) is 6.58. The topological polar surface area (TPSA) is 92.3 Å². The highest BCUT2D eigenvalue weighted by atomic mass is 16.5. The van der Waals surface area contributed by atoms with Crippen molar-refractivity contribution in [2.45, 2.75) is 38.0 Å². The fourth-order valence-electron chi connectivity index (χ4n) is 5.00. The van der Waals surface area contributed by atoms with Crippen molar-refractivity contribution in [3.05, 3.63) is 52.7 Å². The standard InChI is InChI=1S/C27H31NO7/c1-6-35-21-8-7-15(11-22(21)31-2)16-9-19-26(20(29)10-16)18(14-25(30)28-19)17-12-23(32-3)27(34-5)24(13-17)33-4/h7-8,11-13,16,18H,6,9-10,14H2,1-5H3,(H,28,30). The zero-order chi connectivity index (χ0) is 25.1. The summed E-state index contributed by atoms with van der Waals surface area (Å²) in [5, 5.41) is 2.96. The summed E-state index contributed by atoms with van der Waals surface area (Å²) in [7, 11) is 6.22. The Kier molecular flexibility index (Phi) is 7.19. The Morgan fingerprint density at radius 2 is 1.46 bits per heavy atom. The number of carbonyl (C=O) groups is 2. The number of hydrogen-bond donors (Lipinski definition) is 1. The van der Waals surface area contributed by atoms with Crippen LogP contribution in [0.15, 0.2) is 41.6 Å². The Labute approximate surface area is 205 Å². The number of nitrogens with one attached hydrogen (secondary N) is 1. The van der Waals surface area contributed by atoms with Crippen molar-refractivity contribution in [2.75, 3.05) is 35.0 Å². The lowest BCUT2D eigenvalue weighted by Crippen LogP contribution is -2.38. The molecule has 0 spiro atoms. The molecular weight excluding hydrogens is 450 g/mol. The Morgan fingerprint density at radius 1 is 0.800 bits per heavy atom. The summed E-state index contributed by atoms with van der Waals surface area (Å²) in [5.41, 5.74) is 3.06. The largest absolute Gasteiger partial charge is 0.493 e. The number of ether oxygens (including phenoxy) is 5. The van der Waals surface area contributed by atoms with Gasteiger partial charge in [-0.05, 0) is 54.7 Å². The summed E-state index contributed by atoms with van der Waals surface area (Å²) >= 11 is 0. The van der Waals surface area contributed by atoms with Gasteiger partial charge in [0.1, 0.15) is 0 Å². The molecule has 8 nitrogen and oxygen atoms in total. The third-order valence-corrected chi connectivity index (χ3v) is 6.58. The predicted molar refractivity (Wildman–Crippen MR) is 130 cm³/mol. The maximum atomic E-state index is 13.5. The molecule has 1 aliphatic carbocycles. The van der Waals surface area contributed by atoms with Crippen molar-refractivity contribution in [3.8, 4) is 28.7 Å². The van der Waals surface area contributed by atoms with Gasteiger partial charge in [0.05, 0.1) is 35.0 Å². The number of benzene rings is 2. The molecule has 1 heterocycles. The second-order valence-electron chi connectivity index (χ2n) is 8.53. The van der Waals surface area contributed by atoms with Gasteiger partial charge in [-0.2, -0.15) is 0 Å². The summed E-state index contributed by atoms with van der Waals surface area (Å²) in [4.78, 5) is 26.2. The number of rotatable bonds is 8. The summed E-state index contributed by atoms with van der Waals surface area (Å²) < 4.78 is 27.5. The van der Waals surface area contributed by atoms with E-state index >= 15 is 0 Å². The molecule has 1 aliphatic heterocycles. The van der Waals surface area contributed by atoms with Gasteiger partial charge in [0.25, 0.3) is 0 Å². The number of hydrogen-bond acceptors (Lipinski definition) is 7. The van der Waals surface area contributed by atoms with E-state index in [4.69, 9.17) is 23.7 Å². The zero-order valence-corrected chi connectivity index (χ0v) is 20.7. The van der Waals surface area contributed by atoms with Crippen LogP contribution in [-0.4, -0.2) is 46.7 Å². The van der Waals surface area contributed by atoms with E-state index in [1.165, 1.54) is 7.11 Å². The molecule has 2 aromatic rings. The molecule has 1 N–H and O–H groups in total. The van der Waals surface area contributed by atoms with Crippen LogP contribution < -0.4 is 29.0 Å². The minimum Gasteiger partial charge on any atom is -0.493 e. The normalized spacial score (nSPS) is 19.6. The quantitative estimate of drug-likeness (QED) is 0.606. The highest BCUT2D eigenvalue weighted by Gasteiger charge is 2.39. The zero-order valence-electron chi connectivity index (χ0n) is 20.7. The van der Waals surface area contributed by atoms with Gasteiger partial charge in [-0.15, -0.1) is 0 Å². The maximum absolute atomic E-state index is 13.5. The van der Waals surface area contributed by atoms with Crippen LogP contribution in [0.1, 0.15) is 49.1 Å². The van der Waals surface area contributed by atoms with Crippen molar-refractivity contribution in [1.82, 2.24) is 5.32 Å². The average molecular weight is 482 g/mol. The number of carbonyl (C=O) groups excluding carboxylic acids is 2. The highest BCUT2D eigenvalue weighted by molar-refractivity contribution is 6.02. The highest BCUT2D eigenvalue weighted by Crippen LogP contribution is 2.47. The first-order valence-electron chi connectivity index (χ1n) is 11.6. The fourth-order valence-corrected chi connectivity index (χ4v) is 5.00. The first kappa shape index (κ1) is 24.4. The summed E-state index contributed by atoms with van der Waals surface area (Å²) in [6.45, 7) is 2.44. The van der Waals surface area contributed by atoms with Gasteiger partial charge in [-0.1, -0.05) is 6.07 Å². The molecule has 2 unspecified atom stereocenters. The van der Waals surface area contributed by atoms with Gasteiger partial charge < -0.3 is 29.0 Å². The molecule has 35 heavy (non-hydrogen) atoms. The molecular formula is C27H31NO7. The van der Waals surface area contributed by atoms with E-state index in [2.05, 4.69) is 5.32 Å². The van der Waals surface area contributed by atoms with Gasteiger partial charge >= 0.3 is 0 Å². The first-order valence-corrected chi connectivity index (χ1v) is 11.6. The number of amides is 1. The monoisotopic (exact) mass is 481 g/mol. The van der Waals surface area contributed by atoms with Gasteiger partial charge in [0, 0.05) is 30.0 Å². The third kappa shape index (κ3) is 4.65. The molecule has 0 fully saturated rings. The molecule has 4 rings (SSSR count). The van der Waals surface area contributed by atoms with Crippen LogP contribution in [0, 0.1) is 0 Å². The van der Waals surface area contributed by atoms with Gasteiger partial charge in [-0.3, -0.25) is 9.59 Å². The molecule has 1 amide bonds. The van der Waals surface area contributed by atoms with E-state index in [9.17, 15) is 9.59 Å². The minimum absolute atomic E-state index is 0.0165. The number of Topliss-reactive ketones (excluding diaryl/α,β-unsaturated/α-hetero) is 1. The SMILES string of the molecule is CCOc1ccc(C2CC(=O)C3=C(C2)NC(=O)CC3c2cc(OC)c(OC)c(OC)c2)cc1OC. The predicted octanol–water partition coefficient (Wildman–Crippen LogP) is 4.12. The van der Waals surface area contributed by atoms with E-state index < -0.39 is 5.92 Å². The molecule has 0 saturated carbocycles. The van der Waals surface area contributed by atoms with Crippen LogP contribution in [0.4, 0.5) is 0 Å². The van der Waals surface area contributed by atoms with Crippen molar-refractivity contribution in [1.29, 1.82) is 0 Å².